The molecular formula is C16H20N2O3. The molecule has 1 aliphatic heterocycles. The second-order valence-electron chi connectivity index (χ2n) is 5.11. The van der Waals surface area contributed by atoms with Crippen molar-refractivity contribution in [2.75, 3.05) is 25.1 Å². The summed E-state index contributed by atoms with van der Waals surface area (Å²) in [5.41, 5.74) is 1.76. The monoisotopic (exact) mass is 288 g/mol. The van der Waals surface area contributed by atoms with Crippen LogP contribution in [0.5, 0.6) is 5.75 Å². The first-order chi connectivity index (χ1) is 10.1. The molecule has 1 atom stereocenters. The van der Waals surface area contributed by atoms with E-state index < -0.39 is 0 Å². The molecule has 0 radical (unpaired) electrons. The van der Waals surface area contributed by atoms with Crippen molar-refractivity contribution in [3.05, 3.63) is 36.4 Å². The van der Waals surface area contributed by atoms with E-state index in [0.29, 0.717) is 18.8 Å². The number of methoxy groups -OCH3 is 1. The number of rotatable bonds is 5. The van der Waals surface area contributed by atoms with Crippen LogP contribution in [-0.4, -0.2) is 32.0 Å². The zero-order valence-electron chi connectivity index (χ0n) is 12.4. The van der Waals surface area contributed by atoms with Crippen molar-refractivity contribution >= 4 is 17.5 Å². The molecule has 2 amide bonds. The summed E-state index contributed by atoms with van der Waals surface area (Å²) in [6.45, 7) is 6.31. The normalized spacial score (nSPS) is 17.7. The predicted octanol–water partition coefficient (Wildman–Crippen LogP) is 1.66. The van der Waals surface area contributed by atoms with Crippen LogP contribution in [0.3, 0.4) is 0 Å². The van der Waals surface area contributed by atoms with Gasteiger partial charge >= 0.3 is 0 Å². The van der Waals surface area contributed by atoms with Gasteiger partial charge < -0.3 is 15.0 Å². The minimum absolute atomic E-state index is 0.0577. The van der Waals surface area contributed by atoms with E-state index >= 15 is 0 Å². The Kier molecular flexibility index (Phi) is 4.62. The lowest BCUT2D eigenvalue weighted by atomic mass is 10.1. The molecule has 1 saturated heterocycles. The predicted molar refractivity (Wildman–Crippen MR) is 81.4 cm³/mol. The minimum atomic E-state index is -0.331. The SMILES string of the molecule is C=CCNC(=O)C1CC(=O)N(c2cc(C)ccc2OC)C1. The second-order valence-corrected chi connectivity index (χ2v) is 5.11. The molecule has 1 aromatic carbocycles. The molecule has 112 valence electrons. The van der Waals surface area contributed by atoms with Gasteiger partial charge in [-0.05, 0) is 24.6 Å². The van der Waals surface area contributed by atoms with Gasteiger partial charge in [0, 0.05) is 19.5 Å². The fraction of sp³-hybridized carbons (Fsp3) is 0.375. The maximum absolute atomic E-state index is 12.2. The van der Waals surface area contributed by atoms with E-state index in [1.807, 2.05) is 25.1 Å². The summed E-state index contributed by atoms with van der Waals surface area (Å²) in [7, 11) is 1.57. The highest BCUT2D eigenvalue weighted by atomic mass is 16.5. The van der Waals surface area contributed by atoms with Gasteiger partial charge in [0.2, 0.25) is 11.8 Å². The first-order valence-electron chi connectivity index (χ1n) is 6.90. The molecule has 0 bridgehead atoms. The topological polar surface area (TPSA) is 58.6 Å². The molecule has 0 spiro atoms. The van der Waals surface area contributed by atoms with Crippen molar-refractivity contribution in [1.29, 1.82) is 0 Å². The third-order valence-electron chi connectivity index (χ3n) is 3.54. The quantitative estimate of drug-likeness (QED) is 0.838. The van der Waals surface area contributed by atoms with Crippen LogP contribution in [0, 0.1) is 12.8 Å². The number of aryl methyl sites for hydroxylation is 1. The van der Waals surface area contributed by atoms with Crippen LogP contribution < -0.4 is 15.0 Å². The number of ether oxygens (including phenoxy) is 1. The summed E-state index contributed by atoms with van der Waals surface area (Å²) in [4.78, 5) is 25.8. The lowest BCUT2D eigenvalue weighted by Crippen LogP contribution is -2.33. The highest BCUT2D eigenvalue weighted by molar-refractivity contribution is 6.01. The van der Waals surface area contributed by atoms with E-state index in [0.717, 1.165) is 11.3 Å². The van der Waals surface area contributed by atoms with E-state index in [4.69, 9.17) is 4.74 Å². The summed E-state index contributed by atoms with van der Waals surface area (Å²) in [6, 6.07) is 5.67. The molecule has 0 saturated carbocycles. The van der Waals surface area contributed by atoms with Crippen LogP contribution in [0.1, 0.15) is 12.0 Å². The van der Waals surface area contributed by atoms with Crippen LogP contribution in [0.15, 0.2) is 30.9 Å². The van der Waals surface area contributed by atoms with Gasteiger partial charge in [0.25, 0.3) is 0 Å². The third-order valence-corrected chi connectivity index (χ3v) is 3.54. The average molecular weight is 288 g/mol. The molecule has 21 heavy (non-hydrogen) atoms. The Morgan fingerprint density at radius 1 is 1.57 bits per heavy atom. The van der Waals surface area contributed by atoms with E-state index in [1.165, 1.54) is 0 Å². The molecule has 1 unspecified atom stereocenters. The molecule has 0 aromatic heterocycles. The number of nitrogens with one attached hydrogen (secondary N) is 1. The van der Waals surface area contributed by atoms with E-state index in [1.54, 1.807) is 18.1 Å². The van der Waals surface area contributed by atoms with E-state index in [2.05, 4.69) is 11.9 Å². The maximum Gasteiger partial charge on any atom is 0.227 e. The van der Waals surface area contributed by atoms with E-state index in [9.17, 15) is 9.59 Å². The summed E-state index contributed by atoms with van der Waals surface area (Å²) < 4.78 is 5.31. The number of hydrogen-bond donors (Lipinski definition) is 1. The van der Waals surface area contributed by atoms with E-state index in [-0.39, 0.29) is 24.2 Å². The lowest BCUT2D eigenvalue weighted by Gasteiger charge is -2.20. The molecule has 1 fully saturated rings. The Balaban J connectivity index is 2.18. The van der Waals surface area contributed by atoms with Crippen molar-refractivity contribution in [2.24, 2.45) is 5.92 Å². The molecule has 0 aliphatic carbocycles. The second kappa shape index (κ2) is 6.43. The number of benzene rings is 1. The zero-order valence-corrected chi connectivity index (χ0v) is 12.4. The third kappa shape index (κ3) is 3.24. The first kappa shape index (κ1) is 15.1. The summed E-state index contributed by atoms with van der Waals surface area (Å²) in [5, 5.41) is 2.74. The number of anilines is 1. The smallest absolute Gasteiger partial charge is 0.227 e. The van der Waals surface area contributed by atoms with Gasteiger partial charge in [-0.15, -0.1) is 6.58 Å². The molecule has 5 nitrogen and oxygen atoms in total. The Morgan fingerprint density at radius 2 is 2.33 bits per heavy atom. The zero-order chi connectivity index (χ0) is 15.4. The van der Waals surface area contributed by atoms with Crippen molar-refractivity contribution in [1.82, 2.24) is 5.32 Å². The van der Waals surface area contributed by atoms with Gasteiger partial charge in [0.05, 0.1) is 18.7 Å². The molecule has 5 heteroatoms. The van der Waals surface area contributed by atoms with Crippen LogP contribution in [-0.2, 0) is 9.59 Å². The van der Waals surface area contributed by atoms with Crippen molar-refractivity contribution < 1.29 is 14.3 Å². The van der Waals surface area contributed by atoms with Crippen LogP contribution >= 0.6 is 0 Å². The largest absolute Gasteiger partial charge is 0.495 e. The number of amides is 2. The number of nitrogens with zero attached hydrogens (tertiary/aromatic N) is 1. The van der Waals surface area contributed by atoms with Crippen LogP contribution in [0.25, 0.3) is 0 Å². The van der Waals surface area contributed by atoms with Crippen molar-refractivity contribution in [2.45, 2.75) is 13.3 Å². The Hall–Kier alpha value is -2.30. The Labute approximate surface area is 124 Å². The van der Waals surface area contributed by atoms with Gasteiger partial charge in [0.1, 0.15) is 5.75 Å². The number of carbonyl (C=O) groups is 2. The van der Waals surface area contributed by atoms with Gasteiger partial charge in [-0.1, -0.05) is 12.1 Å². The standard InChI is InChI=1S/C16H20N2O3/c1-4-7-17-16(20)12-9-15(19)18(10-12)13-8-11(2)5-6-14(13)21-3/h4-6,8,12H,1,7,9-10H2,2-3H3,(H,17,20). The summed E-state index contributed by atoms with van der Waals surface area (Å²) in [5.74, 6) is 0.138. The Bertz CT molecular complexity index is 569. The first-order valence-corrected chi connectivity index (χ1v) is 6.90. The van der Waals surface area contributed by atoms with Gasteiger partial charge in [-0.25, -0.2) is 0 Å². The van der Waals surface area contributed by atoms with Gasteiger partial charge in [-0.3, -0.25) is 9.59 Å². The fourth-order valence-corrected chi connectivity index (χ4v) is 2.44. The van der Waals surface area contributed by atoms with Crippen molar-refractivity contribution in [3.63, 3.8) is 0 Å². The molecule has 1 N–H and O–H groups in total. The lowest BCUT2D eigenvalue weighted by molar-refractivity contribution is -0.126. The van der Waals surface area contributed by atoms with Gasteiger partial charge in [-0.2, -0.15) is 0 Å². The number of hydrogen-bond acceptors (Lipinski definition) is 3. The molecule has 1 heterocycles. The van der Waals surface area contributed by atoms with Gasteiger partial charge in [0.15, 0.2) is 0 Å². The molecule has 1 aromatic rings. The molecular weight excluding hydrogens is 268 g/mol. The maximum atomic E-state index is 12.2. The molecule has 1 aliphatic rings. The van der Waals surface area contributed by atoms with Crippen LogP contribution in [0.2, 0.25) is 0 Å². The fourth-order valence-electron chi connectivity index (χ4n) is 2.44. The summed E-state index contributed by atoms with van der Waals surface area (Å²) in [6.07, 6.45) is 1.84. The average Bonchev–Trinajstić information content (AvgIpc) is 2.86. The van der Waals surface area contributed by atoms with Crippen LogP contribution in [0.4, 0.5) is 5.69 Å². The van der Waals surface area contributed by atoms with Crippen molar-refractivity contribution in [3.8, 4) is 5.75 Å². The Morgan fingerprint density at radius 3 is 3.00 bits per heavy atom. The number of carbonyl (C=O) groups excluding carboxylic acids is 2. The summed E-state index contributed by atoms with van der Waals surface area (Å²) >= 11 is 0. The minimum Gasteiger partial charge on any atom is -0.495 e. The highest BCUT2D eigenvalue weighted by Crippen LogP contribution is 2.33. The highest BCUT2D eigenvalue weighted by Gasteiger charge is 2.36. The molecule has 2 rings (SSSR count).